The number of carbonyl (C=O) groups is 2. The van der Waals surface area contributed by atoms with E-state index in [4.69, 9.17) is 4.74 Å². The third-order valence-electron chi connectivity index (χ3n) is 2.44. The fraction of sp³-hybridized carbons (Fsp3) is 0.273. The average molecular weight is 224 g/mol. The number of halogens is 1. The van der Waals surface area contributed by atoms with Crippen LogP contribution in [0.25, 0.3) is 0 Å². The predicted octanol–water partition coefficient (Wildman–Crippen LogP) is 1.08. The van der Waals surface area contributed by atoms with Gasteiger partial charge in [0.05, 0.1) is 12.7 Å². The number of carbonyl (C=O) groups excluding carboxylic acids is 2. The van der Waals surface area contributed by atoms with E-state index in [9.17, 15) is 14.0 Å². The number of esters is 2. The van der Waals surface area contributed by atoms with E-state index in [0.717, 1.165) is 0 Å². The summed E-state index contributed by atoms with van der Waals surface area (Å²) in [5.74, 6) is -1.89. The number of methoxy groups -OCH3 is 1. The zero-order valence-corrected chi connectivity index (χ0v) is 8.53. The fourth-order valence-electron chi connectivity index (χ4n) is 1.64. The Labute approximate surface area is 91.0 Å². The number of ether oxygens (including phenoxy) is 2. The highest BCUT2D eigenvalue weighted by atomic mass is 19.1. The summed E-state index contributed by atoms with van der Waals surface area (Å²) in [5.41, 5.74) is 0.370. The van der Waals surface area contributed by atoms with Gasteiger partial charge in [0.1, 0.15) is 5.82 Å². The van der Waals surface area contributed by atoms with Gasteiger partial charge in [0, 0.05) is 12.0 Å². The van der Waals surface area contributed by atoms with Gasteiger partial charge in [-0.2, -0.15) is 0 Å². The zero-order chi connectivity index (χ0) is 11.7. The molecule has 1 aliphatic heterocycles. The summed E-state index contributed by atoms with van der Waals surface area (Å²) in [6.45, 7) is 0. The third kappa shape index (κ3) is 1.64. The summed E-state index contributed by atoms with van der Waals surface area (Å²) in [6.07, 6.45) is -1.04. The number of benzene rings is 1. The molecule has 0 aromatic heterocycles. The monoisotopic (exact) mass is 224 g/mol. The van der Waals surface area contributed by atoms with Crippen LogP contribution in [0.2, 0.25) is 0 Å². The van der Waals surface area contributed by atoms with Crippen LogP contribution in [-0.4, -0.2) is 25.2 Å². The number of rotatable bonds is 1. The van der Waals surface area contributed by atoms with Gasteiger partial charge < -0.3 is 9.47 Å². The minimum absolute atomic E-state index is 0.0143. The van der Waals surface area contributed by atoms with Gasteiger partial charge in [-0.05, 0) is 12.1 Å². The Morgan fingerprint density at radius 2 is 2.31 bits per heavy atom. The van der Waals surface area contributed by atoms with Gasteiger partial charge in [-0.25, -0.2) is 14.0 Å². The molecule has 0 radical (unpaired) electrons. The Balaban J connectivity index is 2.39. The predicted molar refractivity (Wildman–Crippen MR) is 51.3 cm³/mol. The summed E-state index contributed by atoms with van der Waals surface area (Å²) >= 11 is 0. The molecule has 1 heterocycles. The van der Waals surface area contributed by atoms with Crippen LogP contribution >= 0.6 is 0 Å². The highest BCUT2D eigenvalue weighted by Gasteiger charge is 2.33. The van der Waals surface area contributed by atoms with Crippen LogP contribution in [0.1, 0.15) is 15.9 Å². The van der Waals surface area contributed by atoms with Gasteiger partial charge in [0.25, 0.3) is 0 Å². The maximum atomic E-state index is 13.4. The Morgan fingerprint density at radius 1 is 1.56 bits per heavy atom. The van der Waals surface area contributed by atoms with Crippen molar-refractivity contribution in [2.75, 3.05) is 7.11 Å². The Bertz CT molecular complexity index is 455. The van der Waals surface area contributed by atoms with Crippen LogP contribution in [0.5, 0.6) is 0 Å². The lowest BCUT2D eigenvalue weighted by atomic mass is 9.98. The van der Waals surface area contributed by atoms with Crippen molar-refractivity contribution in [3.8, 4) is 0 Å². The molecule has 1 unspecified atom stereocenters. The number of cyclic esters (lactones) is 1. The molecular weight excluding hydrogens is 215 g/mol. The van der Waals surface area contributed by atoms with Crippen molar-refractivity contribution in [1.82, 2.24) is 0 Å². The first-order chi connectivity index (χ1) is 7.63. The molecule has 0 bridgehead atoms. The molecule has 2 rings (SSSR count). The molecule has 0 fully saturated rings. The number of hydrogen-bond donors (Lipinski definition) is 0. The lowest BCUT2D eigenvalue weighted by molar-refractivity contribution is -0.151. The molecular formula is C11H9FO4. The second kappa shape index (κ2) is 3.92. The van der Waals surface area contributed by atoms with E-state index >= 15 is 0 Å². The lowest BCUT2D eigenvalue weighted by Gasteiger charge is -2.22. The molecule has 84 valence electrons. The van der Waals surface area contributed by atoms with Crippen molar-refractivity contribution in [3.63, 3.8) is 0 Å². The lowest BCUT2D eigenvalue weighted by Crippen LogP contribution is -2.35. The molecule has 5 heteroatoms. The van der Waals surface area contributed by atoms with Crippen molar-refractivity contribution in [2.45, 2.75) is 12.5 Å². The summed E-state index contributed by atoms with van der Waals surface area (Å²) in [5, 5.41) is 0. The van der Waals surface area contributed by atoms with Crippen LogP contribution < -0.4 is 0 Å². The van der Waals surface area contributed by atoms with Gasteiger partial charge in [-0.1, -0.05) is 6.07 Å². The van der Waals surface area contributed by atoms with E-state index in [0.29, 0.717) is 0 Å². The quantitative estimate of drug-likeness (QED) is 0.670. The maximum Gasteiger partial charge on any atom is 0.347 e. The van der Waals surface area contributed by atoms with Crippen molar-refractivity contribution in [1.29, 1.82) is 0 Å². The first-order valence-corrected chi connectivity index (χ1v) is 4.69. The standard InChI is InChI=1S/C11H9FO4/c1-15-11(14)9-5-7-6(10(13)16-9)3-2-4-8(7)12/h2-4,9H,5H2,1H3. The molecule has 1 atom stereocenters. The SMILES string of the molecule is COC(=O)C1Cc2c(F)cccc2C(=O)O1. The second-order valence-electron chi connectivity index (χ2n) is 3.39. The molecule has 0 aliphatic carbocycles. The van der Waals surface area contributed by atoms with Crippen molar-refractivity contribution >= 4 is 11.9 Å². The van der Waals surface area contributed by atoms with Crippen LogP contribution in [0.15, 0.2) is 18.2 Å². The first kappa shape index (κ1) is 10.6. The zero-order valence-electron chi connectivity index (χ0n) is 8.53. The van der Waals surface area contributed by atoms with Gasteiger partial charge >= 0.3 is 11.9 Å². The normalized spacial score (nSPS) is 18.6. The first-order valence-electron chi connectivity index (χ1n) is 4.69. The summed E-state index contributed by atoms with van der Waals surface area (Å²) in [6, 6.07) is 4.13. The summed E-state index contributed by atoms with van der Waals surface area (Å²) in [7, 11) is 1.19. The van der Waals surface area contributed by atoms with Gasteiger partial charge in [0.15, 0.2) is 0 Å². The minimum atomic E-state index is -1.05. The smallest absolute Gasteiger partial charge is 0.347 e. The van der Waals surface area contributed by atoms with Crippen LogP contribution in [0.3, 0.4) is 0 Å². The van der Waals surface area contributed by atoms with E-state index < -0.39 is 23.9 Å². The molecule has 16 heavy (non-hydrogen) atoms. The van der Waals surface area contributed by atoms with Crippen LogP contribution in [0.4, 0.5) is 4.39 Å². The largest absolute Gasteiger partial charge is 0.466 e. The molecule has 0 spiro atoms. The Hall–Kier alpha value is -1.91. The molecule has 0 N–H and O–H groups in total. The molecule has 4 nitrogen and oxygen atoms in total. The molecule has 0 saturated carbocycles. The van der Waals surface area contributed by atoms with E-state index in [1.165, 1.54) is 25.3 Å². The van der Waals surface area contributed by atoms with Crippen molar-refractivity contribution in [2.24, 2.45) is 0 Å². The Morgan fingerprint density at radius 3 is 3.00 bits per heavy atom. The Kier molecular flexibility index (Phi) is 2.60. The number of hydrogen-bond acceptors (Lipinski definition) is 4. The van der Waals surface area contributed by atoms with E-state index in [1.54, 1.807) is 0 Å². The topological polar surface area (TPSA) is 52.6 Å². The molecule has 1 aromatic rings. The molecule has 1 aliphatic rings. The summed E-state index contributed by atoms with van der Waals surface area (Å²) in [4.78, 5) is 22.7. The van der Waals surface area contributed by atoms with E-state index in [1.807, 2.05) is 0 Å². The van der Waals surface area contributed by atoms with Crippen LogP contribution in [-0.2, 0) is 20.7 Å². The minimum Gasteiger partial charge on any atom is -0.466 e. The van der Waals surface area contributed by atoms with Crippen LogP contribution in [0, 0.1) is 5.82 Å². The van der Waals surface area contributed by atoms with Gasteiger partial charge in [-0.3, -0.25) is 0 Å². The number of fused-ring (bicyclic) bond motifs is 1. The molecule has 0 amide bonds. The van der Waals surface area contributed by atoms with Gasteiger partial charge in [0.2, 0.25) is 6.10 Å². The van der Waals surface area contributed by atoms with Gasteiger partial charge in [-0.15, -0.1) is 0 Å². The third-order valence-corrected chi connectivity index (χ3v) is 2.44. The van der Waals surface area contributed by atoms with E-state index in [2.05, 4.69) is 4.74 Å². The van der Waals surface area contributed by atoms with E-state index in [-0.39, 0.29) is 17.5 Å². The highest BCUT2D eigenvalue weighted by Crippen LogP contribution is 2.23. The average Bonchev–Trinajstić information content (AvgIpc) is 2.29. The van der Waals surface area contributed by atoms with Crippen molar-refractivity contribution < 1.29 is 23.5 Å². The highest BCUT2D eigenvalue weighted by molar-refractivity contribution is 5.94. The molecule has 0 saturated heterocycles. The maximum absolute atomic E-state index is 13.4. The second-order valence-corrected chi connectivity index (χ2v) is 3.39. The summed E-state index contributed by atoms with van der Waals surface area (Å²) < 4.78 is 22.7. The molecule has 1 aromatic carbocycles. The van der Waals surface area contributed by atoms with Crippen molar-refractivity contribution in [3.05, 3.63) is 35.1 Å². The fourth-order valence-corrected chi connectivity index (χ4v) is 1.64.